The molecular formula is C20H37N2O6S+. The van der Waals surface area contributed by atoms with E-state index in [0.717, 1.165) is 12.8 Å². The molecule has 1 aliphatic heterocycles. The molecule has 1 heterocycles. The molecule has 1 aliphatic rings. The van der Waals surface area contributed by atoms with Gasteiger partial charge in [0, 0.05) is 6.42 Å². The van der Waals surface area contributed by atoms with E-state index in [4.69, 9.17) is 4.55 Å². The second-order valence-electron chi connectivity index (χ2n) is 7.54. The van der Waals surface area contributed by atoms with Crippen LogP contribution in [0.4, 0.5) is 0 Å². The first-order valence-corrected chi connectivity index (χ1v) is 12.2. The van der Waals surface area contributed by atoms with E-state index in [9.17, 15) is 23.4 Å². The highest BCUT2D eigenvalue weighted by atomic mass is 32.2. The molecule has 1 atom stereocenters. The lowest BCUT2D eigenvalue weighted by Gasteiger charge is -2.12. The van der Waals surface area contributed by atoms with Crippen molar-refractivity contribution in [3.05, 3.63) is 12.2 Å². The average Bonchev–Trinajstić information content (AvgIpc) is 3.01. The fourth-order valence-electron chi connectivity index (χ4n) is 3.51. The normalized spacial score (nSPS) is 16.2. The molecule has 168 valence electrons. The van der Waals surface area contributed by atoms with E-state index >= 15 is 0 Å². The molecule has 9 heteroatoms. The highest BCUT2D eigenvalue weighted by Gasteiger charge is 2.36. The molecule has 0 saturated carbocycles. The molecule has 8 nitrogen and oxygen atoms in total. The maximum absolute atomic E-state index is 12.7. The smallest absolute Gasteiger partial charge is 0.316 e. The summed E-state index contributed by atoms with van der Waals surface area (Å²) in [5.74, 6) is -0.518. The molecule has 29 heavy (non-hydrogen) atoms. The fourth-order valence-corrected chi connectivity index (χ4v) is 4.11. The summed E-state index contributed by atoms with van der Waals surface area (Å²) in [5, 5.41) is 19.2. The number of carbonyl (C=O) groups is 1. The third-order valence-electron chi connectivity index (χ3n) is 4.89. The number of hydrogen-bond acceptors (Lipinski definition) is 6. The number of β-amino-alcohol motifs (C(OH)–C–C–N with tert-alkyl or cyclic N) is 2. The fraction of sp³-hybridized carbons (Fsp3) is 0.800. The summed E-state index contributed by atoms with van der Waals surface area (Å²) in [5.41, 5.74) is 0. The second kappa shape index (κ2) is 13.8. The highest BCUT2D eigenvalue weighted by molar-refractivity contribution is 7.85. The standard InChI is InChI=1S/C20H36N2O6S/c1-2-3-4-5-6-7-8-9-10-11-19(25)20-21(14-15-23)12-13-22(20)16-18(24)17-29(26,27)28/h9-10,18,23-24H,2-8,11-17H2,1H3/p+1/b10-9+. The van der Waals surface area contributed by atoms with Crippen molar-refractivity contribution >= 4 is 21.7 Å². The molecule has 0 aromatic heterocycles. The van der Waals surface area contributed by atoms with Gasteiger partial charge in [-0.25, -0.2) is 0 Å². The van der Waals surface area contributed by atoms with Crippen molar-refractivity contribution in [1.82, 2.24) is 4.90 Å². The van der Waals surface area contributed by atoms with Gasteiger partial charge in [-0.3, -0.25) is 18.8 Å². The minimum absolute atomic E-state index is 0.0652. The number of hydrogen-bond donors (Lipinski definition) is 3. The molecule has 3 N–H and O–H groups in total. The maximum Gasteiger partial charge on any atom is 0.316 e. The Bertz CT molecular complexity index is 660. The molecule has 0 fully saturated rings. The van der Waals surface area contributed by atoms with Gasteiger partial charge in [-0.2, -0.15) is 8.42 Å². The van der Waals surface area contributed by atoms with Gasteiger partial charge in [-0.15, -0.1) is 0 Å². The molecular weight excluding hydrogens is 396 g/mol. The molecule has 0 aromatic rings. The van der Waals surface area contributed by atoms with Gasteiger partial charge < -0.3 is 10.2 Å². The summed E-state index contributed by atoms with van der Waals surface area (Å²) >= 11 is 0. The summed E-state index contributed by atoms with van der Waals surface area (Å²) in [6.45, 7) is 3.29. The van der Waals surface area contributed by atoms with E-state index in [-0.39, 0.29) is 25.4 Å². The van der Waals surface area contributed by atoms with Gasteiger partial charge in [-0.05, 0) is 12.8 Å². The Morgan fingerprint density at radius 3 is 2.55 bits per heavy atom. The minimum atomic E-state index is -4.29. The number of amidine groups is 1. The molecule has 0 aromatic carbocycles. The summed E-state index contributed by atoms with van der Waals surface area (Å²) in [7, 11) is -4.29. The number of unbranched alkanes of at least 4 members (excludes halogenated alkanes) is 6. The summed E-state index contributed by atoms with van der Waals surface area (Å²) in [6.07, 6.45) is 11.1. The van der Waals surface area contributed by atoms with Crippen LogP contribution in [0, 0.1) is 0 Å². The summed E-state index contributed by atoms with van der Waals surface area (Å²) < 4.78 is 32.4. The molecule has 0 radical (unpaired) electrons. The number of rotatable bonds is 16. The van der Waals surface area contributed by atoms with E-state index in [1.54, 1.807) is 9.48 Å². The quantitative estimate of drug-likeness (QED) is 0.145. The predicted octanol–water partition coefficient (Wildman–Crippen LogP) is 1.22. The Kier molecular flexibility index (Phi) is 12.3. The van der Waals surface area contributed by atoms with Crippen LogP contribution in [0.15, 0.2) is 12.2 Å². The number of allylic oxidation sites excluding steroid dienone is 2. The van der Waals surface area contributed by atoms with Crippen LogP contribution in [0.5, 0.6) is 0 Å². The van der Waals surface area contributed by atoms with E-state index in [1.165, 1.54) is 32.1 Å². The lowest BCUT2D eigenvalue weighted by Crippen LogP contribution is -2.40. The maximum atomic E-state index is 12.7. The highest BCUT2D eigenvalue weighted by Crippen LogP contribution is 2.09. The first-order valence-electron chi connectivity index (χ1n) is 10.6. The molecule has 0 aliphatic carbocycles. The van der Waals surface area contributed by atoms with Gasteiger partial charge in [-0.1, -0.05) is 51.2 Å². The monoisotopic (exact) mass is 433 g/mol. The molecule has 0 spiro atoms. The third kappa shape index (κ3) is 10.9. The predicted molar refractivity (Wildman–Crippen MR) is 113 cm³/mol. The molecule has 1 rings (SSSR count). The second-order valence-corrected chi connectivity index (χ2v) is 9.03. The Labute approximate surface area is 174 Å². The first kappa shape index (κ1) is 25.7. The zero-order valence-electron chi connectivity index (χ0n) is 17.5. The summed E-state index contributed by atoms with van der Waals surface area (Å²) in [4.78, 5) is 14.5. The molecule has 0 saturated heterocycles. The molecule has 0 amide bonds. The van der Waals surface area contributed by atoms with Crippen molar-refractivity contribution < 1.29 is 32.6 Å². The number of nitrogens with zero attached hydrogens (tertiary/aromatic N) is 2. The first-order chi connectivity index (χ1) is 13.8. The molecule has 0 bridgehead atoms. The Balaban J connectivity index is 2.60. The molecule has 1 unspecified atom stereocenters. The van der Waals surface area contributed by atoms with Gasteiger partial charge in [0.2, 0.25) is 5.78 Å². The lowest BCUT2D eigenvalue weighted by atomic mass is 10.1. The van der Waals surface area contributed by atoms with Crippen LogP contribution in [0.3, 0.4) is 0 Å². The van der Waals surface area contributed by atoms with Crippen LogP contribution in [-0.2, 0) is 14.9 Å². The van der Waals surface area contributed by atoms with Gasteiger partial charge in [0.05, 0.1) is 6.61 Å². The van der Waals surface area contributed by atoms with E-state index in [1.807, 2.05) is 12.2 Å². The number of aliphatic hydroxyl groups excluding tert-OH is 2. The van der Waals surface area contributed by atoms with Crippen molar-refractivity contribution in [3.8, 4) is 0 Å². The Morgan fingerprint density at radius 1 is 1.21 bits per heavy atom. The van der Waals surface area contributed by atoms with Crippen LogP contribution in [0.1, 0.15) is 58.3 Å². The van der Waals surface area contributed by atoms with Crippen molar-refractivity contribution in [2.24, 2.45) is 0 Å². The summed E-state index contributed by atoms with van der Waals surface area (Å²) in [6, 6.07) is 0. The topological polar surface area (TPSA) is 118 Å². The largest absolute Gasteiger partial charge is 0.392 e. The number of Topliss-reactive ketones (excluding diaryl/α,β-unsaturated/α-hetero) is 1. The van der Waals surface area contributed by atoms with Gasteiger partial charge in [0.1, 0.15) is 38.0 Å². The Hall–Kier alpha value is -1.29. The van der Waals surface area contributed by atoms with Crippen LogP contribution < -0.4 is 0 Å². The van der Waals surface area contributed by atoms with Crippen LogP contribution in [0.25, 0.3) is 0 Å². The van der Waals surface area contributed by atoms with E-state index < -0.39 is 22.0 Å². The lowest BCUT2D eigenvalue weighted by molar-refractivity contribution is -0.525. The van der Waals surface area contributed by atoms with Gasteiger partial charge in [0.15, 0.2) is 0 Å². The van der Waals surface area contributed by atoms with Gasteiger partial charge >= 0.3 is 5.84 Å². The van der Waals surface area contributed by atoms with E-state index in [2.05, 4.69) is 6.92 Å². The van der Waals surface area contributed by atoms with Crippen molar-refractivity contribution in [2.75, 3.05) is 38.5 Å². The minimum Gasteiger partial charge on any atom is -0.392 e. The average molecular weight is 434 g/mol. The van der Waals surface area contributed by atoms with Crippen LogP contribution in [0.2, 0.25) is 0 Å². The third-order valence-corrected chi connectivity index (χ3v) is 5.69. The SMILES string of the molecule is CCCCCCCC/C=C/CC(=O)C1=[N+](CC(O)CS(=O)(=O)O)CCN1CCO. The van der Waals surface area contributed by atoms with Crippen molar-refractivity contribution in [2.45, 2.75) is 64.4 Å². The number of carbonyl (C=O) groups excluding carboxylic acids is 1. The Morgan fingerprint density at radius 2 is 1.90 bits per heavy atom. The van der Waals surface area contributed by atoms with Crippen molar-refractivity contribution in [3.63, 3.8) is 0 Å². The van der Waals surface area contributed by atoms with Crippen LogP contribution in [-0.4, -0.2) is 88.9 Å². The van der Waals surface area contributed by atoms with E-state index in [0.29, 0.717) is 25.5 Å². The zero-order chi connectivity index (χ0) is 21.7. The van der Waals surface area contributed by atoms with Crippen LogP contribution >= 0.6 is 0 Å². The van der Waals surface area contributed by atoms with Gasteiger partial charge in [0.25, 0.3) is 10.1 Å². The van der Waals surface area contributed by atoms with Crippen molar-refractivity contribution in [1.29, 1.82) is 0 Å². The number of ketones is 1. The number of aliphatic hydroxyl groups is 2. The zero-order valence-corrected chi connectivity index (χ0v) is 18.3.